The molecule has 0 spiro atoms. The van der Waals surface area contributed by atoms with Crippen molar-refractivity contribution in [2.75, 3.05) is 19.7 Å². The SMILES string of the molecule is CC(C)(C)OC(=O)N1CCC(C(CCO)C2CC2)C1. The fraction of sp³-hybridized carbons (Fsp3) is 0.933. The summed E-state index contributed by atoms with van der Waals surface area (Å²) in [5.41, 5.74) is -0.420. The Bertz CT molecular complexity index is 320. The van der Waals surface area contributed by atoms with E-state index >= 15 is 0 Å². The Morgan fingerprint density at radius 2 is 2.00 bits per heavy atom. The Morgan fingerprint density at radius 1 is 1.32 bits per heavy atom. The minimum atomic E-state index is -0.420. The number of aliphatic hydroxyl groups excluding tert-OH is 1. The maximum atomic E-state index is 12.0. The molecule has 0 bridgehead atoms. The van der Waals surface area contributed by atoms with Crippen LogP contribution in [0.5, 0.6) is 0 Å². The van der Waals surface area contributed by atoms with Gasteiger partial charge in [-0.05, 0) is 64.2 Å². The second-order valence-corrected chi connectivity index (χ2v) is 6.99. The van der Waals surface area contributed by atoms with Crippen molar-refractivity contribution in [2.45, 2.75) is 52.1 Å². The van der Waals surface area contributed by atoms with E-state index in [4.69, 9.17) is 4.74 Å². The number of hydrogen-bond donors (Lipinski definition) is 1. The van der Waals surface area contributed by atoms with Gasteiger partial charge in [-0.1, -0.05) is 0 Å². The van der Waals surface area contributed by atoms with Crippen molar-refractivity contribution < 1.29 is 14.6 Å². The summed E-state index contributed by atoms with van der Waals surface area (Å²) in [6.07, 6.45) is 4.35. The molecule has 1 aliphatic heterocycles. The van der Waals surface area contributed by atoms with Crippen molar-refractivity contribution in [3.63, 3.8) is 0 Å². The summed E-state index contributed by atoms with van der Waals surface area (Å²) in [5.74, 6) is 1.93. The molecule has 2 fully saturated rings. The van der Waals surface area contributed by atoms with Crippen molar-refractivity contribution in [2.24, 2.45) is 17.8 Å². The maximum Gasteiger partial charge on any atom is 0.410 e. The Kier molecular flexibility index (Phi) is 4.39. The van der Waals surface area contributed by atoms with E-state index in [1.54, 1.807) is 0 Å². The average molecular weight is 269 g/mol. The van der Waals surface area contributed by atoms with Crippen LogP contribution < -0.4 is 0 Å². The molecular formula is C15H27NO3. The predicted molar refractivity (Wildman–Crippen MR) is 73.8 cm³/mol. The second kappa shape index (κ2) is 5.70. The van der Waals surface area contributed by atoms with Gasteiger partial charge in [-0.2, -0.15) is 0 Å². The van der Waals surface area contributed by atoms with Gasteiger partial charge in [-0.3, -0.25) is 0 Å². The molecule has 0 aromatic carbocycles. The van der Waals surface area contributed by atoms with Crippen LogP contribution in [0.3, 0.4) is 0 Å². The first-order valence-corrected chi connectivity index (χ1v) is 7.49. The molecule has 19 heavy (non-hydrogen) atoms. The number of nitrogens with zero attached hydrogens (tertiary/aromatic N) is 1. The molecule has 1 N–H and O–H groups in total. The van der Waals surface area contributed by atoms with Crippen molar-refractivity contribution in [3.8, 4) is 0 Å². The summed E-state index contributed by atoms with van der Waals surface area (Å²) in [6.45, 7) is 7.57. The zero-order valence-electron chi connectivity index (χ0n) is 12.4. The number of aliphatic hydroxyl groups is 1. The van der Waals surface area contributed by atoms with Gasteiger partial charge in [-0.15, -0.1) is 0 Å². The lowest BCUT2D eigenvalue weighted by Gasteiger charge is -2.26. The summed E-state index contributed by atoms with van der Waals surface area (Å²) < 4.78 is 5.42. The lowest BCUT2D eigenvalue weighted by molar-refractivity contribution is 0.0281. The first-order chi connectivity index (χ1) is 8.90. The van der Waals surface area contributed by atoms with Crippen LogP contribution in [0.25, 0.3) is 0 Å². The fourth-order valence-electron chi connectivity index (χ4n) is 3.16. The predicted octanol–water partition coefficient (Wildman–Crippen LogP) is 2.65. The Balaban J connectivity index is 1.86. The van der Waals surface area contributed by atoms with Gasteiger partial charge in [0, 0.05) is 19.7 Å². The Morgan fingerprint density at radius 3 is 2.53 bits per heavy atom. The van der Waals surface area contributed by atoms with E-state index in [0.29, 0.717) is 11.8 Å². The zero-order valence-corrected chi connectivity index (χ0v) is 12.4. The summed E-state index contributed by atoms with van der Waals surface area (Å²) >= 11 is 0. The number of likely N-dealkylation sites (tertiary alicyclic amines) is 1. The minimum absolute atomic E-state index is 0.187. The highest BCUT2D eigenvalue weighted by atomic mass is 16.6. The molecular weight excluding hydrogens is 242 g/mol. The number of carbonyl (C=O) groups excluding carboxylic acids is 1. The molecule has 1 heterocycles. The fourth-order valence-corrected chi connectivity index (χ4v) is 3.16. The molecule has 0 radical (unpaired) electrons. The van der Waals surface area contributed by atoms with Crippen LogP contribution in [0.1, 0.15) is 46.5 Å². The molecule has 0 aromatic rings. The van der Waals surface area contributed by atoms with Gasteiger partial charge in [0.2, 0.25) is 0 Å². The highest BCUT2D eigenvalue weighted by Gasteiger charge is 2.40. The van der Waals surface area contributed by atoms with Gasteiger partial charge in [0.15, 0.2) is 0 Å². The van der Waals surface area contributed by atoms with E-state index in [1.165, 1.54) is 12.8 Å². The molecule has 4 heteroatoms. The molecule has 2 unspecified atom stereocenters. The van der Waals surface area contributed by atoms with Crippen LogP contribution in [0.2, 0.25) is 0 Å². The molecule has 1 amide bonds. The molecule has 2 atom stereocenters. The summed E-state index contributed by atoms with van der Waals surface area (Å²) in [7, 11) is 0. The summed E-state index contributed by atoms with van der Waals surface area (Å²) in [6, 6.07) is 0. The van der Waals surface area contributed by atoms with E-state index in [1.807, 2.05) is 25.7 Å². The van der Waals surface area contributed by atoms with Crippen LogP contribution in [0, 0.1) is 17.8 Å². The third-order valence-electron chi connectivity index (χ3n) is 4.17. The van der Waals surface area contributed by atoms with Crippen LogP contribution in [0.15, 0.2) is 0 Å². The first-order valence-electron chi connectivity index (χ1n) is 7.49. The lowest BCUT2D eigenvalue weighted by atomic mass is 9.85. The van der Waals surface area contributed by atoms with Crippen molar-refractivity contribution in [3.05, 3.63) is 0 Å². The highest BCUT2D eigenvalue weighted by Crippen LogP contribution is 2.44. The molecule has 110 valence electrons. The monoisotopic (exact) mass is 269 g/mol. The normalized spacial score (nSPS) is 25.5. The third kappa shape index (κ3) is 4.10. The van der Waals surface area contributed by atoms with E-state index in [-0.39, 0.29) is 12.7 Å². The second-order valence-electron chi connectivity index (χ2n) is 6.99. The van der Waals surface area contributed by atoms with Crippen molar-refractivity contribution in [1.29, 1.82) is 0 Å². The summed E-state index contributed by atoms with van der Waals surface area (Å²) in [4.78, 5) is 13.9. The number of amides is 1. The van der Waals surface area contributed by atoms with Gasteiger partial charge in [0.25, 0.3) is 0 Å². The van der Waals surface area contributed by atoms with E-state index in [2.05, 4.69) is 0 Å². The highest BCUT2D eigenvalue weighted by molar-refractivity contribution is 5.68. The smallest absolute Gasteiger partial charge is 0.410 e. The van der Waals surface area contributed by atoms with Crippen molar-refractivity contribution >= 4 is 6.09 Å². The molecule has 1 saturated heterocycles. The molecule has 4 nitrogen and oxygen atoms in total. The number of hydrogen-bond acceptors (Lipinski definition) is 3. The van der Waals surface area contributed by atoms with Gasteiger partial charge >= 0.3 is 6.09 Å². The zero-order chi connectivity index (χ0) is 14.0. The topological polar surface area (TPSA) is 49.8 Å². The standard InChI is InChI=1S/C15H27NO3/c1-15(2,3)19-14(18)16-8-6-12(10-16)13(7-9-17)11-4-5-11/h11-13,17H,4-10H2,1-3H3. The van der Waals surface area contributed by atoms with Crippen LogP contribution >= 0.6 is 0 Å². The first kappa shape index (κ1) is 14.6. The molecule has 0 aromatic heterocycles. The molecule has 2 rings (SSSR count). The quantitative estimate of drug-likeness (QED) is 0.853. The largest absolute Gasteiger partial charge is 0.444 e. The summed E-state index contributed by atoms with van der Waals surface area (Å²) in [5, 5.41) is 9.20. The van der Waals surface area contributed by atoms with Gasteiger partial charge in [0.1, 0.15) is 5.60 Å². The lowest BCUT2D eigenvalue weighted by Crippen LogP contribution is -2.36. The van der Waals surface area contributed by atoms with Crippen molar-refractivity contribution in [1.82, 2.24) is 4.90 Å². The van der Waals surface area contributed by atoms with Gasteiger partial charge in [0.05, 0.1) is 0 Å². The third-order valence-corrected chi connectivity index (χ3v) is 4.17. The Labute approximate surface area is 116 Å². The number of ether oxygens (including phenoxy) is 1. The van der Waals surface area contributed by atoms with Crippen LogP contribution in [-0.4, -0.2) is 41.4 Å². The number of carbonyl (C=O) groups is 1. The van der Waals surface area contributed by atoms with Crippen LogP contribution in [-0.2, 0) is 4.74 Å². The van der Waals surface area contributed by atoms with E-state index < -0.39 is 5.60 Å². The molecule has 1 aliphatic carbocycles. The maximum absolute atomic E-state index is 12.0. The average Bonchev–Trinajstić information content (AvgIpc) is 3.00. The Hall–Kier alpha value is -0.770. The molecule has 1 saturated carbocycles. The van der Waals surface area contributed by atoms with E-state index in [9.17, 15) is 9.90 Å². The minimum Gasteiger partial charge on any atom is -0.444 e. The van der Waals surface area contributed by atoms with Gasteiger partial charge < -0.3 is 14.7 Å². The van der Waals surface area contributed by atoms with Gasteiger partial charge in [-0.25, -0.2) is 4.79 Å². The molecule has 2 aliphatic rings. The number of rotatable bonds is 4. The van der Waals surface area contributed by atoms with E-state index in [0.717, 1.165) is 31.8 Å². The van der Waals surface area contributed by atoms with Crippen LogP contribution in [0.4, 0.5) is 4.79 Å².